The molecule has 196 valence electrons. The number of amides is 2. The van der Waals surface area contributed by atoms with Gasteiger partial charge in [0.15, 0.2) is 11.5 Å². The van der Waals surface area contributed by atoms with Gasteiger partial charge >= 0.3 is 0 Å². The molecular weight excluding hydrogens is 508 g/mol. The van der Waals surface area contributed by atoms with Crippen LogP contribution in [0.4, 0.5) is 10.5 Å². The summed E-state index contributed by atoms with van der Waals surface area (Å²) >= 11 is 0.882. The minimum Gasteiger partial charge on any atom is -0.492 e. The van der Waals surface area contributed by atoms with Crippen molar-refractivity contribution in [1.29, 1.82) is 0 Å². The Bertz CT molecular complexity index is 1370. The number of nitro benzene ring substituents is 1. The summed E-state index contributed by atoms with van der Waals surface area (Å²) in [4.78, 5) is 37.2. The number of imide groups is 1. The van der Waals surface area contributed by atoms with E-state index in [2.05, 4.69) is 0 Å². The van der Waals surface area contributed by atoms with Crippen molar-refractivity contribution in [2.45, 2.75) is 20.5 Å². The summed E-state index contributed by atoms with van der Waals surface area (Å²) < 4.78 is 17.3. The predicted molar refractivity (Wildman–Crippen MR) is 144 cm³/mol. The standard InChI is InChI=1S/C28H26N2O7S/c1-3-35-25-16-21(9-12-24(25)37-18-20-7-10-22(11-8-20)30(33)34)17-26-27(31)29(28(32)38-26)13-14-36-23-6-4-5-19(2)15-23/h4-12,15-17H,3,13-14,18H2,1-2H3/b26-17-. The molecule has 1 aliphatic rings. The van der Waals surface area contributed by atoms with Crippen molar-refractivity contribution in [1.82, 2.24) is 4.90 Å². The number of carbonyl (C=O) groups excluding carboxylic acids is 2. The fourth-order valence-electron chi connectivity index (χ4n) is 3.68. The van der Waals surface area contributed by atoms with E-state index in [1.54, 1.807) is 36.4 Å². The molecule has 1 aliphatic heterocycles. The number of nitro groups is 1. The van der Waals surface area contributed by atoms with Gasteiger partial charge in [-0.3, -0.25) is 24.6 Å². The number of aryl methyl sites for hydroxylation is 1. The third-order valence-corrected chi connectivity index (χ3v) is 6.46. The molecular formula is C28H26N2O7S. The Morgan fingerprint density at radius 1 is 0.974 bits per heavy atom. The van der Waals surface area contributed by atoms with Gasteiger partial charge in [0, 0.05) is 12.1 Å². The molecule has 0 spiro atoms. The molecule has 0 aliphatic carbocycles. The maximum Gasteiger partial charge on any atom is 0.293 e. The molecule has 38 heavy (non-hydrogen) atoms. The summed E-state index contributed by atoms with van der Waals surface area (Å²) in [6.45, 7) is 4.75. The quantitative estimate of drug-likeness (QED) is 0.168. The van der Waals surface area contributed by atoms with Gasteiger partial charge in [0.2, 0.25) is 0 Å². The first-order valence-corrected chi connectivity index (χ1v) is 12.7. The van der Waals surface area contributed by atoms with Crippen LogP contribution in [0.15, 0.2) is 71.6 Å². The fourth-order valence-corrected chi connectivity index (χ4v) is 4.55. The first kappa shape index (κ1) is 26.7. The highest BCUT2D eigenvalue weighted by molar-refractivity contribution is 8.18. The average Bonchev–Trinajstić information content (AvgIpc) is 3.16. The first-order valence-electron chi connectivity index (χ1n) is 11.9. The van der Waals surface area contributed by atoms with E-state index in [9.17, 15) is 19.7 Å². The Labute approximate surface area is 224 Å². The van der Waals surface area contributed by atoms with Crippen LogP contribution in [0.1, 0.15) is 23.6 Å². The van der Waals surface area contributed by atoms with Crippen LogP contribution >= 0.6 is 11.8 Å². The van der Waals surface area contributed by atoms with E-state index in [-0.39, 0.29) is 36.6 Å². The molecule has 0 bridgehead atoms. The molecule has 10 heteroatoms. The van der Waals surface area contributed by atoms with E-state index in [1.807, 2.05) is 38.1 Å². The van der Waals surface area contributed by atoms with Crippen molar-refractivity contribution in [3.05, 3.63) is 98.4 Å². The third-order valence-electron chi connectivity index (χ3n) is 5.55. The number of hydrogen-bond acceptors (Lipinski definition) is 8. The summed E-state index contributed by atoms with van der Waals surface area (Å²) in [5, 5.41) is 10.5. The summed E-state index contributed by atoms with van der Waals surface area (Å²) in [5.41, 5.74) is 2.52. The molecule has 0 saturated carbocycles. The molecule has 1 fully saturated rings. The Morgan fingerprint density at radius 2 is 1.76 bits per heavy atom. The van der Waals surface area contributed by atoms with Crippen LogP contribution in [0.2, 0.25) is 0 Å². The van der Waals surface area contributed by atoms with Gasteiger partial charge < -0.3 is 14.2 Å². The Hall–Kier alpha value is -4.31. The van der Waals surface area contributed by atoms with Gasteiger partial charge in [0.05, 0.1) is 23.0 Å². The molecule has 3 aromatic carbocycles. The van der Waals surface area contributed by atoms with Gasteiger partial charge in [-0.2, -0.15) is 0 Å². The number of hydrogen-bond donors (Lipinski definition) is 0. The smallest absolute Gasteiger partial charge is 0.293 e. The number of non-ortho nitro benzene ring substituents is 1. The molecule has 2 amide bonds. The highest BCUT2D eigenvalue weighted by Crippen LogP contribution is 2.35. The van der Waals surface area contributed by atoms with E-state index in [0.29, 0.717) is 34.3 Å². The van der Waals surface area contributed by atoms with Crippen LogP contribution in [0, 0.1) is 17.0 Å². The molecule has 0 unspecified atom stereocenters. The number of thioether (sulfide) groups is 1. The highest BCUT2D eigenvalue weighted by Gasteiger charge is 2.34. The highest BCUT2D eigenvalue weighted by atomic mass is 32.2. The monoisotopic (exact) mass is 534 g/mol. The molecule has 0 radical (unpaired) electrons. The van der Waals surface area contributed by atoms with E-state index < -0.39 is 4.92 Å². The van der Waals surface area contributed by atoms with Crippen LogP contribution < -0.4 is 14.2 Å². The first-order chi connectivity index (χ1) is 18.3. The van der Waals surface area contributed by atoms with Crippen molar-refractivity contribution < 1.29 is 28.7 Å². The summed E-state index contributed by atoms with van der Waals surface area (Å²) in [7, 11) is 0. The number of carbonyl (C=O) groups is 2. The van der Waals surface area contributed by atoms with Gasteiger partial charge in [-0.1, -0.05) is 18.2 Å². The molecule has 3 aromatic rings. The van der Waals surface area contributed by atoms with Crippen molar-refractivity contribution >= 4 is 34.7 Å². The van der Waals surface area contributed by atoms with Gasteiger partial charge in [0.1, 0.15) is 19.0 Å². The van der Waals surface area contributed by atoms with Crippen molar-refractivity contribution in [3.63, 3.8) is 0 Å². The normalized spacial score (nSPS) is 14.2. The topological polar surface area (TPSA) is 108 Å². The Balaban J connectivity index is 1.41. The SMILES string of the molecule is CCOc1cc(/C=C2\SC(=O)N(CCOc3cccc(C)c3)C2=O)ccc1OCc1ccc([N+](=O)[O-])cc1. The number of ether oxygens (including phenoxy) is 3. The zero-order valence-corrected chi connectivity index (χ0v) is 21.7. The molecule has 1 saturated heterocycles. The Kier molecular flexibility index (Phi) is 8.65. The summed E-state index contributed by atoms with van der Waals surface area (Å²) in [5.74, 6) is 1.29. The van der Waals surface area contributed by atoms with E-state index in [1.165, 1.54) is 17.0 Å². The lowest BCUT2D eigenvalue weighted by molar-refractivity contribution is -0.384. The predicted octanol–water partition coefficient (Wildman–Crippen LogP) is 6.00. The lowest BCUT2D eigenvalue weighted by Crippen LogP contribution is -2.32. The lowest BCUT2D eigenvalue weighted by atomic mass is 10.1. The molecule has 0 N–H and O–H groups in total. The molecule has 0 atom stereocenters. The molecule has 9 nitrogen and oxygen atoms in total. The zero-order valence-electron chi connectivity index (χ0n) is 20.9. The van der Waals surface area contributed by atoms with Crippen molar-refractivity contribution in [2.75, 3.05) is 19.8 Å². The maximum atomic E-state index is 12.9. The minimum absolute atomic E-state index is 0.0105. The van der Waals surface area contributed by atoms with Crippen LogP contribution in [0.25, 0.3) is 6.08 Å². The number of nitrogens with zero attached hydrogens (tertiary/aromatic N) is 2. The minimum atomic E-state index is -0.454. The van der Waals surface area contributed by atoms with Crippen LogP contribution in [-0.2, 0) is 11.4 Å². The van der Waals surface area contributed by atoms with Crippen LogP contribution in [-0.4, -0.2) is 40.7 Å². The van der Waals surface area contributed by atoms with Gasteiger partial charge in [-0.05, 0) is 84.8 Å². The fraction of sp³-hybridized carbons (Fsp3) is 0.214. The van der Waals surface area contributed by atoms with Crippen molar-refractivity contribution in [3.8, 4) is 17.2 Å². The van der Waals surface area contributed by atoms with Crippen LogP contribution in [0.5, 0.6) is 17.2 Å². The zero-order chi connectivity index (χ0) is 27.1. The summed E-state index contributed by atoms with van der Waals surface area (Å²) in [6.07, 6.45) is 1.65. The van der Waals surface area contributed by atoms with E-state index >= 15 is 0 Å². The van der Waals surface area contributed by atoms with Crippen molar-refractivity contribution in [2.24, 2.45) is 0 Å². The molecule has 0 aromatic heterocycles. The lowest BCUT2D eigenvalue weighted by Gasteiger charge is -2.14. The second kappa shape index (κ2) is 12.3. The number of rotatable bonds is 11. The average molecular weight is 535 g/mol. The third kappa shape index (κ3) is 6.71. The van der Waals surface area contributed by atoms with Gasteiger partial charge in [-0.15, -0.1) is 0 Å². The maximum absolute atomic E-state index is 12.9. The molecule has 4 rings (SSSR count). The number of benzene rings is 3. The summed E-state index contributed by atoms with van der Waals surface area (Å²) in [6, 6.07) is 18.9. The largest absolute Gasteiger partial charge is 0.492 e. The van der Waals surface area contributed by atoms with E-state index in [4.69, 9.17) is 14.2 Å². The van der Waals surface area contributed by atoms with Crippen LogP contribution in [0.3, 0.4) is 0 Å². The Morgan fingerprint density at radius 3 is 2.47 bits per heavy atom. The van der Waals surface area contributed by atoms with Gasteiger partial charge in [0.25, 0.3) is 16.8 Å². The second-order valence-corrected chi connectivity index (χ2v) is 9.34. The van der Waals surface area contributed by atoms with Gasteiger partial charge in [-0.25, -0.2) is 0 Å². The molecule has 1 heterocycles. The van der Waals surface area contributed by atoms with E-state index in [0.717, 1.165) is 22.9 Å². The second-order valence-electron chi connectivity index (χ2n) is 8.35.